The number of H-pyrrole nitrogens is 1. The van der Waals surface area contributed by atoms with E-state index >= 15 is 0 Å². The number of hydrogen-bond acceptors (Lipinski definition) is 3. The van der Waals surface area contributed by atoms with E-state index in [1.165, 1.54) is 27.7 Å². The van der Waals surface area contributed by atoms with Gasteiger partial charge >= 0.3 is 0 Å². The van der Waals surface area contributed by atoms with Gasteiger partial charge in [-0.1, -0.05) is 35.9 Å². The Morgan fingerprint density at radius 1 is 1.13 bits per heavy atom. The highest BCUT2D eigenvalue weighted by molar-refractivity contribution is 5.94. The van der Waals surface area contributed by atoms with Gasteiger partial charge in [-0.3, -0.25) is 4.79 Å². The second kappa shape index (κ2) is 8.48. The predicted octanol–water partition coefficient (Wildman–Crippen LogP) is 4.16. The van der Waals surface area contributed by atoms with Crippen molar-refractivity contribution in [3.8, 4) is 0 Å². The van der Waals surface area contributed by atoms with E-state index in [0.29, 0.717) is 6.54 Å². The molecule has 5 rings (SSSR count). The number of ether oxygens (including phenoxy) is 1. The van der Waals surface area contributed by atoms with E-state index < -0.39 is 0 Å². The fraction of sp³-hybridized carbons (Fsp3) is 0.423. The first-order valence-corrected chi connectivity index (χ1v) is 11.5. The Kier molecular flexibility index (Phi) is 5.55. The molecule has 2 N–H and O–H groups in total. The maximum atomic E-state index is 12.3. The number of hydrogen-bond donors (Lipinski definition) is 2. The molecular formula is C26H31N3O2. The Hall–Kier alpha value is -2.63. The lowest BCUT2D eigenvalue weighted by Crippen LogP contribution is -2.47. The summed E-state index contributed by atoms with van der Waals surface area (Å²) < 4.78 is 6.41. The molecule has 2 aromatic carbocycles. The third-order valence-electron chi connectivity index (χ3n) is 6.91. The molecule has 0 unspecified atom stereocenters. The molecule has 5 nitrogen and oxygen atoms in total. The minimum atomic E-state index is -0.164. The van der Waals surface area contributed by atoms with Gasteiger partial charge in [-0.15, -0.1) is 0 Å². The van der Waals surface area contributed by atoms with E-state index in [1.54, 1.807) is 0 Å². The van der Waals surface area contributed by atoms with E-state index in [0.717, 1.165) is 57.5 Å². The molecule has 5 heteroatoms. The molecule has 2 aliphatic rings. The number of carbonyl (C=O) groups is 1. The predicted molar refractivity (Wildman–Crippen MR) is 123 cm³/mol. The number of aryl methyl sites for hydroxylation is 1. The highest BCUT2D eigenvalue weighted by atomic mass is 16.5. The molecule has 0 bridgehead atoms. The van der Waals surface area contributed by atoms with Crippen LogP contribution in [0.4, 0.5) is 0 Å². The van der Waals surface area contributed by atoms with Gasteiger partial charge in [0.05, 0.1) is 12.3 Å². The fourth-order valence-electron chi connectivity index (χ4n) is 5.11. The van der Waals surface area contributed by atoms with Gasteiger partial charge in [0, 0.05) is 36.1 Å². The van der Waals surface area contributed by atoms with Gasteiger partial charge in [0.25, 0.3) is 5.91 Å². The van der Waals surface area contributed by atoms with Gasteiger partial charge < -0.3 is 19.9 Å². The summed E-state index contributed by atoms with van der Waals surface area (Å²) in [5.41, 5.74) is 5.72. The third-order valence-corrected chi connectivity index (χ3v) is 6.91. The monoisotopic (exact) mass is 417 g/mol. The normalized spacial score (nSPS) is 18.2. The molecule has 31 heavy (non-hydrogen) atoms. The summed E-state index contributed by atoms with van der Waals surface area (Å²) >= 11 is 0. The largest absolute Gasteiger partial charge is 0.368 e. The maximum Gasteiger partial charge on any atom is 0.251 e. The van der Waals surface area contributed by atoms with Crippen molar-refractivity contribution >= 4 is 16.8 Å². The molecule has 0 aliphatic carbocycles. The molecule has 0 radical (unpaired) electrons. The lowest BCUT2D eigenvalue weighted by molar-refractivity contribution is -0.100. The maximum absolute atomic E-state index is 12.3. The van der Waals surface area contributed by atoms with Gasteiger partial charge in [-0.05, 0) is 62.9 Å². The van der Waals surface area contributed by atoms with E-state index in [-0.39, 0.29) is 11.5 Å². The number of nitrogens with one attached hydrogen (secondary N) is 2. The lowest BCUT2D eigenvalue weighted by Gasteiger charge is -2.43. The SMILES string of the molecule is Cc1ccc(C(=O)NCCCN2CCC3(CC2)OCCc2c3[nH]c3ccccc23)cc1. The zero-order valence-corrected chi connectivity index (χ0v) is 18.2. The Morgan fingerprint density at radius 3 is 2.71 bits per heavy atom. The van der Waals surface area contributed by atoms with Crippen LogP contribution >= 0.6 is 0 Å². The Labute approximate surface area is 183 Å². The molecule has 3 heterocycles. The van der Waals surface area contributed by atoms with Crippen molar-refractivity contribution in [1.29, 1.82) is 0 Å². The number of aromatic nitrogens is 1. The molecule has 2 aliphatic heterocycles. The van der Waals surface area contributed by atoms with E-state index in [4.69, 9.17) is 4.74 Å². The van der Waals surface area contributed by atoms with Crippen molar-refractivity contribution in [3.63, 3.8) is 0 Å². The summed E-state index contributed by atoms with van der Waals surface area (Å²) in [5, 5.41) is 4.40. The van der Waals surface area contributed by atoms with E-state index in [2.05, 4.69) is 39.5 Å². The molecular weight excluding hydrogens is 386 g/mol. The first kappa shape index (κ1) is 20.3. The molecule has 1 spiro atoms. The molecule has 1 fully saturated rings. The van der Waals surface area contributed by atoms with Crippen LogP contribution in [0.5, 0.6) is 0 Å². The van der Waals surface area contributed by atoms with Crippen LogP contribution in [0.3, 0.4) is 0 Å². The van der Waals surface area contributed by atoms with Crippen molar-refractivity contribution in [2.45, 2.75) is 38.2 Å². The number of carbonyl (C=O) groups excluding carboxylic acids is 1. The minimum Gasteiger partial charge on any atom is -0.368 e. The first-order chi connectivity index (χ1) is 15.1. The Bertz CT molecular complexity index is 1060. The molecule has 0 atom stereocenters. The van der Waals surface area contributed by atoms with Crippen LogP contribution in [0.1, 0.15) is 46.4 Å². The van der Waals surface area contributed by atoms with E-state index in [9.17, 15) is 4.79 Å². The van der Waals surface area contributed by atoms with Gasteiger partial charge in [0.15, 0.2) is 0 Å². The number of fused-ring (bicyclic) bond motifs is 4. The number of para-hydroxylation sites is 1. The van der Waals surface area contributed by atoms with Crippen LogP contribution in [0.15, 0.2) is 48.5 Å². The number of benzene rings is 2. The average molecular weight is 418 g/mol. The lowest BCUT2D eigenvalue weighted by atomic mass is 9.83. The van der Waals surface area contributed by atoms with E-state index in [1.807, 2.05) is 31.2 Å². The first-order valence-electron chi connectivity index (χ1n) is 11.5. The van der Waals surface area contributed by atoms with Crippen molar-refractivity contribution in [2.24, 2.45) is 0 Å². The van der Waals surface area contributed by atoms with Crippen molar-refractivity contribution < 1.29 is 9.53 Å². The average Bonchev–Trinajstić information content (AvgIpc) is 3.19. The van der Waals surface area contributed by atoms with Crippen LogP contribution in [0.2, 0.25) is 0 Å². The fourth-order valence-corrected chi connectivity index (χ4v) is 5.11. The number of amides is 1. The van der Waals surface area contributed by atoms with Crippen molar-refractivity contribution in [2.75, 3.05) is 32.8 Å². The zero-order valence-electron chi connectivity index (χ0n) is 18.2. The van der Waals surface area contributed by atoms with Gasteiger partial charge in [-0.2, -0.15) is 0 Å². The van der Waals surface area contributed by atoms with Crippen LogP contribution in [-0.2, 0) is 16.8 Å². The number of piperidine rings is 1. The molecule has 1 saturated heterocycles. The van der Waals surface area contributed by atoms with Gasteiger partial charge in [0.2, 0.25) is 0 Å². The second-order valence-corrected chi connectivity index (χ2v) is 8.93. The summed E-state index contributed by atoms with van der Waals surface area (Å²) in [6.07, 6.45) is 3.99. The topological polar surface area (TPSA) is 57.4 Å². The minimum absolute atomic E-state index is 0.0135. The number of likely N-dealkylation sites (tertiary alicyclic amines) is 1. The summed E-state index contributed by atoms with van der Waals surface area (Å²) in [5.74, 6) is 0.0135. The quantitative estimate of drug-likeness (QED) is 0.613. The van der Waals surface area contributed by atoms with Crippen LogP contribution < -0.4 is 5.32 Å². The molecule has 1 aromatic heterocycles. The van der Waals surface area contributed by atoms with Gasteiger partial charge in [-0.25, -0.2) is 0 Å². The molecule has 0 saturated carbocycles. The Morgan fingerprint density at radius 2 is 1.90 bits per heavy atom. The third kappa shape index (κ3) is 4.00. The Balaban J connectivity index is 1.14. The standard InChI is InChI=1S/C26H31N3O2/c1-19-7-9-20(10-8-19)25(30)27-14-4-15-29-16-12-26(13-17-29)24-22(11-18-31-26)21-5-2-3-6-23(21)28-24/h2-3,5-10,28H,4,11-18H2,1H3,(H,27,30). The molecule has 1 amide bonds. The summed E-state index contributed by atoms with van der Waals surface area (Å²) in [6.45, 7) is 6.60. The van der Waals surface area contributed by atoms with Crippen molar-refractivity contribution in [3.05, 3.63) is 70.9 Å². The molecule has 162 valence electrons. The molecule has 3 aromatic rings. The second-order valence-electron chi connectivity index (χ2n) is 8.93. The highest BCUT2D eigenvalue weighted by Gasteiger charge is 2.42. The van der Waals surface area contributed by atoms with Crippen LogP contribution in [0.25, 0.3) is 10.9 Å². The number of nitrogens with zero attached hydrogens (tertiary/aromatic N) is 1. The van der Waals surface area contributed by atoms with Gasteiger partial charge in [0.1, 0.15) is 5.60 Å². The summed E-state index contributed by atoms with van der Waals surface area (Å²) in [6, 6.07) is 16.3. The summed E-state index contributed by atoms with van der Waals surface area (Å²) in [4.78, 5) is 18.4. The van der Waals surface area contributed by atoms with Crippen molar-refractivity contribution in [1.82, 2.24) is 15.2 Å². The highest BCUT2D eigenvalue weighted by Crippen LogP contribution is 2.43. The summed E-state index contributed by atoms with van der Waals surface area (Å²) in [7, 11) is 0. The number of aromatic amines is 1. The number of rotatable bonds is 5. The zero-order chi connectivity index (χ0) is 21.3. The smallest absolute Gasteiger partial charge is 0.251 e. The van der Waals surface area contributed by atoms with Crippen LogP contribution in [-0.4, -0.2) is 48.6 Å². The van der Waals surface area contributed by atoms with Crippen LogP contribution in [0, 0.1) is 6.92 Å².